The van der Waals surface area contributed by atoms with Crippen molar-refractivity contribution in [1.29, 1.82) is 0 Å². The summed E-state index contributed by atoms with van der Waals surface area (Å²) >= 11 is 0. The molecule has 4 atom stereocenters. The second-order valence-corrected chi connectivity index (χ2v) is 8.51. The van der Waals surface area contributed by atoms with Gasteiger partial charge in [-0.3, -0.25) is 0 Å². The number of fused-ring (bicyclic) bond motifs is 2. The minimum atomic E-state index is -2.79. The van der Waals surface area contributed by atoms with Crippen molar-refractivity contribution >= 4 is 9.84 Å². The maximum atomic E-state index is 11.5. The molecule has 2 aliphatic carbocycles. The molecule has 1 heterocycles. The molecule has 1 aliphatic heterocycles. The minimum absolute atomic E-state index is 0.176. The number of nitrogens with one attached hydrogen (secondary N) is 1. The molecule has 3 rings (SSSR count). The lowest BCUT2D eigenvalue weighted by Crippen LogP contribution is -2.46. The molecule has 3 nitrogen and oxygen atoms in total. The third-order valence-electron chi connectivity index (χ3n) is 4.71. The van der Waals surface area contributed by atoms with Crippen molar-refractivity contribution in [1.82, 2.24) is 5.32 Å². The van der Waals surface area contributed by atoms with Gasteiger partial charge in [0.15, 0.2) is 9.84 Å². The van der Waals surface area contributed by atoms with Crippen molar-refractivity contribution in [3.8, 4) is 0 Å². The molecule has 2 fully saturated rings. The summed E-state index contributed by atoms with van der Waals surface area (Å²) in [5.74, 6) is 2.94. The normalized spacial score (nSPS) is 46.8. The molecule has 0 aromatic heterocycles. The first kappa shape index (κ1) is 11.7. The van der Waals surface area contributed by atoms with Crippen LogP contribution >= 0.6 is 0 Å². The molecule has 0 spiro atoms. The highest BCUT2D eigenvalue weighted by Crippen LogP contribution is 2.43. The Bertz CT molecular complexity index is 442. The molecule has 1 N–H and O–H groups in total. The molecule has 2 bridgehead atoms. The Labute approximate surface area is 104 Å². The molecular formula is C13H21NO2S. The van der Waals surface area contributed by atoms with Gasteiger partial charge in [0.1, 0.15) is 0 Å². The van der Waals surface area contributed by atoms with Gasteiger partial charge in [-0.15, -0.1) is 0 Å². The average Bonchev–Trinajstić information content (AvgIpc) is 2.90. The Kier molecular flexibility index (Phi) is 2.63. The predicted octanol–water partition coefficient (Wildman–Crippen LogP) is 1.37. The van der Waals surface area contributed by atoms with Crippen LogP contribution in [0.5, 0.6) is 0 Å². The molecule has 17 heavy (non-hydrogen) atoms. The van der Waals surface area contributed by atoms with E-state index in [1.54, 1.807) is 0 Å². The molecule has 0 radical (unpaired) electrons. The van der Waals surface area contributed by atoms with E-state index in [1.165, 1.54) is 12.8 Å². The maximum absolute atomic E-state index is 11.5. The van der Waals surface area contributed by atoms with Crippen LogP contribution in [0.15, 0.2) is 12.2 Å². The summed E-state index contributed by atoms with van der Waals surface area (Å²) < 4.78 is 23.0. The third-order valence-corrected chi connectivity index (χ3v) is 6.61. The standard InChI is InChI=1S/C13H21NO2S/c1-13(4-5-17(15,16)9-13)14-8-12-7-10-2-3-11(12)6-10/h2-3,10-12,14H,4-9H2,1H3. The van der Waals surface area contributed by atoms with E-state index in [4.69, 9.17) is 0 Å². The van der Waals surface area contributed by atoms with Crippen LogP contribution in [-0.4, -0.2) is 32.0 Å². The Morgan fingerprint density at radius 2 is 2.18 bits per heavy atom. The van der Waals surface area contributed by atoms with Crippen molar-refractivity contribution in [2.24, 2.45) is 17.8 Å². The van der Waals surface area contributed by atoms with E-state index in [-0.39, 0.29) is 5.54 Å². The Hall–Kier alpha value is -0.350. The number of rotatable bonds is 3. The number of allylic oxidation sites excluding steroid dienone is 2. The summed E-state index contributed by atoms with van der Waals surface area (Å²) in [5.41, 5.74) is -0.176. The molecule has 96 valence electrons. The summed E-state index contributed by atoms with van der Waals surface area (Å²) in [5, 5.41) is 3.53. The van der Waals surface area contributed by atoms with E-state index in [0.29, 0.717) is 11.5 Å². The van der Waals surface area contributed by atoms with Crippen LogP contribution < -0.4 is 5.32 Å². The summed E-state index contributed by atoms with van der Waals surface area (Å²) in [6, 6.07) is 0. The Morgan fingerprint density at radius 3 is 2.71 bits per heavy atom. The highest BCUT2D eigenvalue weighted by Gasteiger charge is 2.40. The van der Waals surface area contributed by atoms with Crippen molar-refractivity contribution < 1.29 is 8.42 Å². The van der Waals surface area contributed by atoms with Crippen LogP contribution in [-0.2, 0) is 9.84 Å². The van der Waals surface area contributed by atoms with Gasteiger partial charge in [0.25, 0.3) is 0 Å². The maximum Gasteiger partial charge on any atom is 0.152 e. The van der Waals surface area contributed by atoms with E-state index in [0.717, 1.165) is 30.7 Å². The van der Waals surface area contributed by atoms with E-state index in [1.807, 2.05) is 0 Å². The van der Waals surface area contributed by atoms with Gasteiger partial charge < -0.3 is 5.32 Å². The second kappa shape index (κ2) is 3.82. The number of hydrogen-bond donors (Lipinski definition) is 1. The van der Waals surface area contributed by atoms with Crippen LogP contribution in [0.25, 0.3) is 0 Å². The average molecular weight is 255 g/mol. The topological polar surface area (TPSA) is 46.2 Å². The van der Waals surface area contributed by atoms with Gasteiger partial charge in [-0.25, -0.2) is 8.42 Å². The van der Waals surface area contributed by atoms with Crippen LogP contribution in [0, 0.1) is 17.8 Å². The van der Waals surface area contributed by atoms with Gasteiger partial charge in [0.2, 0.25) is 0 Å². The lowest BCUT2D eigenvalue weighted by molar-refractivity contribution is 0.328. The summed E-state index contributed by atoms with van der Waals surface area (Å²) in [4.78, 5) is 0. The summed E-state index contributed by atoms with van der Waals surface area (Å²) in [7, 11) is -2.79. The fraction of sp³-hybridized carbons (Fsp3) is 0.846. The van der Waals surface area contributed by atoms with Crippen LogP contribution in [0.3, 0.4) is 0 Å². The molecule has 1 saturated heterocycles. The van der Waals surface area contributed by atoms with Crippen LogP contribution in [0.4, 0.5) is 0 Å². The Balaban J connectivity index is 1.57. The molecule has 3 aliphatic rings. The van der Waals surface area contributed by atoms with Crippen molar-refractivity contribution in [3.05, 3.63) is 12.2 Å². The summed E-state index contributed by atoms with van der Waals surface area (Å²) in [6.45, 7) is 3.04. The molecule has 0 aromatic carbocycles. The molecule has 0 amide bonds. The highest BCUT2D eigenvalue weighted by atomic mass is 32.2. The van der Waals surface area contributed by atoms with E-state index in [9.17, 15) is 8.42 Å². The third kappa shape index (κ3) is 2.29. The largest absolute Gasteiger partial charge is 0.310 e. The minimum Gasteiger partial charge on any atom is -0.310 e. The quantitative estimate of drug-likeness (QED) is 0.775. The van der Waals surface area contributed by atoms with E-state index < -0.39 is 9.84 Å². The van der Waals surface area contributed by atoms with Crippen molar-refractivity contribution in [3.63, 3.8) is 0 Å². The number of hydrogen-bond acceptors (Lipinski definition) is 3. The monoisotopic (exact) mass is 255 g/mol. The first-order valence-electron chi connectivity index (χ1n) is 6.60. The van der Waals surface area contributed by atoms with Crippen LogP contribution in [0.2, 0.25) is 0 Å². The van der Waals surface area contributed by atoms with Gasteiger partial charge in [-0.1, -0.05) is 12.2 Å². The highest BCUT2D eigenvalue weighted by molar-refractivity contribution is 7.91. The fourth-order valence-corrected chi connectivity index (χ4v) is 5.78. The lowest BCUT2D eigenvalue weighted by atomic mass is 9.92. The van der Waals surface area contributed by atoms with Crippen LogP contribution in [0.1, 0.15) is 26.2 Å². The van der Waals surface area contributed by atoms with Gasteiger partial charge >= 0.3 is 0 Å². The molecule has 4 unspecified atom stereocenters. The zero-order valence-electron chi connectivity index (χ0n) is 10.4. The number of sulfone groups is 1. The summed E-state index contributed by atoms with van der Waals surface area (Å²) in [6.07, 6.45) is 8.08. The predicted molar refractivity (Wildman–Crippen MR) is 68.5 cm³/mol. The molecular weight excluding hydrogens is 234 g/mol. The Morgan fingerprint density at radius 1 is 1.35 bits per heavy atom. The van der Waals surface area contributed by atoms with Crippen molar-refractivity contribution in [2.75, 3.05) is 18.1 Å². The smallest absolute Gasteiger partial charge is 0.152 e. The first-order chi connectivity index (χ1) is 7.96. The first-order valence-corrected chi connectivity index (χ1v) is 8.42. The van der Waals surface area contributed by atoms with E-state index in [2.05, 4.69) is 24.4 Å². The lowest BCUT2D eigenvalue weighted by Gasteiger charge is -2.28. The molecule has 0 aromatic rings. The van der Waals surface area contributed by atoms with E-state index >= 15 is 0 Å². The van der Waals surface area contributed by atoms with Crippen molar-refractivity contribution in [2.45, 2.75) is 31.7 Å². The second-order valence-electron chi connectivity index (χ2n) is 6.32. The molecule has 1 saturated carbocycles. The van der Waals surface area contributed by atoms with Gasteiger partial charge in [-0.2, -0.15) is 0 Å². The SMILES string of the molecule is CC1(NCC2CC3C=CC2C3)CCS(=O)(=O)C1. The zero-order chi connectivity index (χ0) is 12.1. The van der Waals surface area contributed by atoms with Gasteiger partial charge in [0.05, 0.1) is 11.5 Å². The fourth-order valence-electron chi connectivity index (χ4n) is 3.66. The van der Waals surface area contributed by atoms with Gasteiger partial charge in [0, 0.05) is 5.54 Å². The van der Waals surface area contributed by atoms with Gasteiger partial charge in [-0.05, 0) is 50.5 Å². The zero-order valence-corrected chi connectivity index (χ0v) is 11.2. The molecule has 4 heteroatoms.